The Balaban J connectivity index is 0.00000461. The summed E-state index contributed by atoms with van der Waals surface area (Å²) >= 11 is 0. The molecule has 5 rings (SSSR count). The molecule has 0 unspecified atom stereocenters. The zero-order chi connectivity index (χ0) is 31.5. The first-order chi connectivity index (χ1) is 20.9. The van der Waals surface area contributed by atoms with Gasteiger partial charge >= 0.3 is 0 Å². The van der Waals surface area contributed by atoms with Crippen molar-refractivity contribution in [3.8, 4) is 34.0 Å². The maximum absolute atomic E-state index is 11.3. The first kappa shape index (κ1) is 34.1. The van der Waals surface area contributed by atoms with Gasteiger partial charge in [-0.2, -0.15) is 0 Å². The van der Waals surface area contributed by atoms with Gasteiger partial charge in [-0.3, -0.25) is 20.0 Å². The van der Waals surface area contributed by atoms with Crippen LogP contribution in [0.25, 0.3) is 22.5 Å². The zero-order valence-corrected chi connectivity index (χ0v) is 28.0. The standard InChI is InChI=1S/C38H44N4O2.Cu/c1-37(2,3)27-19-25(35(43)29(21-27)31-13-9-11-17-39-31)23-41-33-15-7-8-16-34(33)42-24-26-20-28(38(4,5)6)22-30(36(26)44)32-14-10-12-18-40-32;/h9-14,17-24,33-34,43-44H,7-8,15-16H2,1-6H3;/t33-,34-;/m1./s1. The molecule has 1 saturated carbocycles. The second-order valence-electron chi connectivity index (χ2n) is 13.8. The van der Waals surface area contributed by atoms with E-state index in [-0.39, 0.29) is 51.5 Å². The van der Waals surface area contributed by atoms with Crippen LogP contribution in [0.2, 0.25) is 0 Å². The van der Waals surface area contributed by atoms with Crippen molar-refractivity contribution < 1.29 is 27.3 Å². The number of benzene rings is 2. The number of rotatable bonds is 6. The Morgan fingerprint density at radius 3 is 1.38 bits per heavy atom. The van der Waals surface area contributed by atoms with Crippen LogP contribution in [0.5, 0.6) is 11.5 Å². The van der Waals surface area contributed by atoms with Crippen molar-refractivity contribution in [1.82, 2.24) is 9.97 Å². The van der Waals surface area contributed by atoms with Crippen molar-refractivity contribution in [2.75, 3.05) is 0 Å². The number of phenolic OH excluding ortho intramolecular Hbond substituents is 2. The Morgan fingerprint density at radius 1 is 0.644 bits per heavy atom. The molecule has 0 spiro atoms. The van der Waals surface area contributed by atoms with E-state index in [1.807, 2.05) is 73.1 Å². The second-order valence-corrected chi connectivity index (χ2v) is 13.8. The van der Waals surface area contributed by atoms with E-state index in [2.05, 4.69) is 51.5 Å². The molecule has 1 fully saturated rings. The number of nitrogens with zero attached hydrogens (tertiary/aromatic N) is 4. The summed E-state index contributed by atoms with van der Waals surface area (Å²) in [4.78, 5) is 19.0. The second kappa shape index (κ2) is 14.1. The van der Waals surface area contributed by atoms with Crippen LogP contribution < -0.4 is 0 Å². The topological polar surface area (TPSA) is 91.0 Å². The summed E-state index contributed by atoms with van der Waals surface area (Å²) in [5.41, 5.74) is 6.21. The van der Waals surface area contributed by atoms with Crippen molar-refractivity contribution in [1.29, 1.82) is 0 Å². The van der Waals surface area contributed by atoms with E-state index >= 15 is 0 Å². The third-order valence-electron chi connectivity index (χ3n) is 8.40. The van der Waals surface area contributed by atoms with Crippen LogP contribution in [0.15, 0.2) is 83.0 Å². The number of hydrogen-bond donors (Lipinski definition) is 2. The molecule has 2 aromatic heterocycles. The van der Waals surface area contributed by atoms with Crippen LogP contribution in [0.1, 0.15) is 89.5 Å². The molecule has 2 N–H and O–H groups in total. The fraction of sp³-hybridized carbons (Fsp3) is 0.368. The Kier molecular flexibility index (Phi) is 10.7. The van der Waals surface area contributed by atoms with Crippen molar-refractivity contribution in [2.45, 2.75) is 90.1 Å². The van der Waals surface area contributed by atoms with E-state index < -0.39 is 0 Å². The van der Waals surface area contributed by atoms with E-state index in [1.165, 1.54) is 0 Å². The Bertz CT molecular complexity index is 1530. The number of phenols is 2. The minimum atomic E-state index is -0.116. The smallest absolute Gasteiger partial charge is 0.133 e. The molecule has 2 heterocycles. The van der Waals surface area contributed by atoms with E-state index in [0.717, 1.165) is 48.2 Å². The summed E-state index contributed by atoms with van der Waals surface area (Å²) in [5.74, 6) is 0.365. The van der Waals surface area contributed by atoms with Gasteiger partial charge < -0.3 is 10.2 Å². The molecule has 1 aliphatic carbocycles. The van der Waals surface area contributed by atoms with Crippen LogP contribution in [0.3, 0.4) is 0 Å². The fourth-order valence-electron chi connectivity index (χ4n) is 5.60. The van der Waals surface area contributed by atoms with Gasteiger partial charge in [-0.25, -0.2) is 0 Å². The molecular formula is C38H44CuN4O2. The number of aromatic nitrogens is 2. The van der Waals surface area contributed by atoms with Gasteiger partial charge in [-0.05, 0) is 83.3 Å². The molecular weight excluding hydrogens is 608 g/mol. The molecule has 1 radical (unpaired) electrons. The average Bonchev–Trinajstić information content (AvgIpc) is 3.00. The molecule has 45 heavy (non-hydrogen) atoms. The van der Waals surface area contributed by atoms with E-state index in [0.29, 0.717) is 22.3 Å². The fourth-order valence-corrected chi connectivity index (χ4v) is 5.60. The van der Waals surface area contributed by atoms with Crippen molar-refractivity contribution in [2.24, 2.45) is 9.98 Å². The summed E-state index contributed by atoms with van der Waals surface area (Å²) in [6, 6.07) is 19.5. The van der Waals surface area contributed by atoms with Gasteiger partial charge in [0, 0.05) is 64.1 Å². The van der Waals surface area contributed by atoms with Crippen LogP contribution >= 0.6 is 0 Å². The molecule has 2 atom stereocenters. The minimum absolute atomic E-state index is 0. The Morgan fingerprint density at radius 2 is 1.04 bits per heavy atom. The van der Waals surface area contributed by atoms with Gasteiger partial charge in [0.1, 0.15) is 11.5 Å². The predicted molar refractivity (Wildman–Crippen MR) is 181 cm³/mol. The van der Waals surface area contributed by atoms with Crippen molar-refractivity contribution >= 4 is 12.4 Å². The van der Waals surface area contributed by atoms with E-state index in [1.54, 1.807) is 12.4 Å². The van der Waals surface area contributed by atoms with Crippen LogP contribution in [0, 0.1) is 0 Å². The number of hydrogen-bond acceptors (Lipinski definition) is 6. The number of pyridine rings is 2. The van der Waals surface area contributed by atoms with Crippen molar-refractivity contribution in [3.05, 3.63) is 95.3 Å². The molecule has 0 bridgehead atoms. The normalized spacial score (nSPS) is 17.5. The Labute approximate surface area is 278 Å². The Hall–Kier alpha value is -3.80. The first-order valence-corrected chi connectivity index (χ1v) is 15.6. The van der Waals surface area contributed by atoms with Crippen LogP contribution in [0.4, 0.5) is 0 Å². The molecule has 4 aromatic rings. The summed E-state index contributed by atoms with van der Waals surface area (Å²) in [6.07, 6.45) is 11.1. The van der Waals surface area contributed by atoms with Gasteiger partial charge in [-0.1, -0.05) is 66.5 Å². The van der Waals surface area contributed by atoms with Gasteiger partial charge in [-0.15, -0.1) is 0 Å². The molecule has 239 valence electrons. The average molecular weight is 652 g/mol. The quantitative estimate of drug-likeness (QED) is 0.161. The van der Waals surface area contributed by atoms with Gasteiger partial charge in [0.2, 0.25) is 0 Å². The third kappa shape index (κ3) is 8.08. The van der Waals surface area contributed by atoms with E-state index in [9.17, 15) is 10.2 Å². The SMILES string of the molecule is CC(C)(C)c1cc(C=N[C@@H]2CCCC[C@H]2N=Cc2cc(C(C)(C)C)cc(-c3ccccn3)c2O)c(O)c(-c2ccccn2)c1.[Cu]. The summed E-state index contributed by atoms with van der Waals surface area (Å²) in [5, 5.41) is 22.7. The minimum Gasteiger partial charge on any atom is -0.507 e. The summed E-state index contributed by atoms with van der Waals surface area (Å²) in [6.45, 7) is 13.0. The van der Waals surface area contributed by atoms with E-state index in [4.69, 9.17) is 9.98 Å². The molecule has 0 saturated heterocycles. The molecule has 7 heteroatoms. The zero-order valence-electron chi connectivity index (χ0n) is 27.1. The van der Waals surface area contributed by atoms with Gasteiger partial charge in [0.15, 0.2) is 0 Å². The number of aromatic hydroxyl groups is 2. The monoisotopic (exact) mass is 651 g/mol. The molecule has 6 nitrogen and oxygen atoms in total. The maximum Gasteiger partial charge on any atom is 0.133 e. The predicted octanol–water partition coefficient (Wildman–Crippen LogP) is 8.66. The largest absolute Gasteiger partial charge is 0.507 e. The summed E-state index contributed by atoms with van der Waals surface area (Å²) < 4.78 is 0. The van der Waals surface area contributed by atoms with Crippen LogP contribution in [-0.2, 0) is 27.9 Å². The molecule has 1 aliphatic rings. The summed E-state index contributed by atoms with van der Waals surface area (Å²) in [7, 11) is 0. The molecule has 0 aliphatic heterocycles. The third-order valence-corrected chi connectivity index (χ3v) is 8.40. The first-order valence-electron chi connectivity index (χ1n) is 15.6. The van der Waals surface area contributed by atoms with Gasteiger partial charge in [0.05, 0.1) is 23.5 Å². The molecule has 0 amide bonds. The number of aliphatic imine (C=N–C) groups is 2. The maximum atomic E-state index is 11.3. The molecule has 2 aromatic carbocycles. The van der Waals surface area contributed by atoms with Crippen molar-refractivity contribution in [3.63, 3.8) is 0 Å². The van der Waals surface area contributed by atoms with Crippen LogP contribution in [-0.4, -0.2) is 44.7 Å². The van der Waals surface area contributed by atoms with Gasteiger partial charge in [0.25, 0.3) is 0 Å².